The van der Waals surface area contributed by atoms with Gasteiger partial charge in [0.25, 0.3) is 0 Å². The molecule has 0 unspecified atom stereocenters. The van der Waals surface area contributed by atoms with Crippen molar-refractivity contribution in [2.75, 3.05) is 11.9 Å². The Balaban J connectivity index is 1.78. The predicted octanol–water partition coefficient (Wildman–Crippen LogP) is 4.63. The molecule has 1 saturated carbocycles. The summed E-state index contributed by atoms with van der Waals surface area (Å²) in [5.41, 5.74) is 2.61. The van der Waals surface area contributed by atoms with Gasteiger partial charge in [-0.3, -0.25) is 0 Å². The molecule has 1 aliphatic rings. The monoisotopic (exact) mass is 243 g/mol. The van der Waals surface area contributed by atoms with E-state index >= 15 is 0 Å². The minimum Gasteiger partial charge on any atom is -0.384 e. The van der Waals surface area contributed by atoms with Crippen molar-refractivity contribution >= 4 is 17.0 Å². The maximum absolute atomic E-state index is 3.61. The van der Waals surface area contributed by atoms with Gasteiger partial charge >= 0.3 is 0 Å². The number of para-hydroxylation sites is 1. The third kappa shape index (κ3) is 2.37. The summed E-state index contributed by atoms with van der Waals surface area (Å²) in [5, 5.41) is 5.75. The van der Waals surface area contributed by atoms with E-state index in [0.29, 0.717) is 0 Å². The normalized spacial score (nSPS) is 15.5. The van der Waals surface area contributed by atoms with Crippen LogP contribution in [0.15, 0.2) is 41.8 Å². The highest BCUT2D eigenvalue weighted by molar-refractivity contribution is 7.13. The summed E-state index contributed by atoms with van der Waals surface area (Å²) in [6.07, 6.45) is 4.21. The zero-order valence-corrected chi connectivity index (χ0v) is 10.7. The van der Waals surface area contributed by atoms with Crippen molar-refractivity contribution in [3.63, 3.8) is 0 Å². The lowest BCUT2D eigenvalue weighted by Gasteiger charge is -2.26. The van der Waals surface area contributed by atoms with E-state index < -0.39 is 0 Å². The summed E-state index contributed by atoms with van der Waals surface area (Å²) in [4.78, 5) is 1.35. The average molecular weight is 243 g/mol. The topological polar surface area (TPSA) is 12.0 Å². The molecule has 0 amide bonds. The first-order valence-electron chi connectivity index (χ1n) is 6.30. The molecule has 17 heavy (non-hydrogen) atoms. The smallest absolute Gasteiger partial charge is 0.0428 e. The fourth-order valence-electron chi connectivity index (χ4n) is 2.24. The van der Waals surface area contributed by atoms with Gasteiger partial charge in [-0.2, -0.15) is 0 Å². The van der Waals surface area contributed by atoms with Gasteiger partial charge in [0.15, 0.2) is 0 Å². The number of thiophene rings is 1. The Labute approximate surface area is 106 Å². The number of hydrogen-bond acceptors (Lipinski definition) is 2. The molecule has 1 nitrogen and oxygen atoms in total. The standard InChI is InChI=1S/C15H17NS/c1-2-8-14(16-11-12-5-3-6-12)13(7-1)15-9-4-10-17-15/h1-2,4,7-10,12,16H,3,5-6,11H2. The van der Waals surface area contributed by atoms with Gasteiger partial charge in [-0.25, -0.2) is 0 Å². The third-order valence-electron chi connectivity index (χ3n) is 3.52. The van der Waals surface area contributed by atoms with E-state index in [9.17, 15) is 0 Å². The number of rotatable bonds is 4. The van der Waals surface area contributed by atoms with E-state index in [1.54, 1.807) is 11.3 Å². The van der Waals surface area contributed by atoms with Crippen molar-refractivity contribution in [1.29, 1.82) is 0 Å². The molecular weight excluding hydrogens is 226 g/mol. The molecule has 1 aliphatic carbocycles. The number of anilines is 1. The molecule has 1 fully saturated rings. The zero-order chi connectivity index (χ0) is 11.5. The second-order valence-electron chi connectivity index (χ2n) is 4.70. The second kappa shape index (κ2) is 4.92. The molecule has 88 valence electrons. The molecule has 0 radical (unpaired) electrons. The maximum atomic E-state index is 3.61. The summed E-state index contributed by atoms with van der Waals surface area (Å²) >= 11 is 1.80. The summed E-state index contributed by atoms with van der Waals surface area (Å²) in [6, 6.07) is 12.9. The number of hydrogen-bond donors (Lipinski definition) is 1. The van der Waals surface area contributed by atoms with E-state index in [1.165, 1.54) is 35.4 Å². The van der Waals surface area contributed by atoms with Crippen LogP contribution in [-0.2, 0) is 0 Å². The van der Waals surface area contributed by atoms with E-state index in [1.807, 2.05) is 0 Å². The first kappa shape index (κ1) is 10.8. The Morgan fingerprint density at radius 1 is 1.12 bits per heavy atom. The Bertz CT molecular complexity index is 471. The maximum Gasteiger partial charge on any atom is 0.0428 e. The van der Waals surface area contributed by atoms with Gasteiger partial charge in [0, 0.05) is 22.7 Å². The van der Waals surface area contributed by atoms with Crippen LogP contribution in [0.1, 0.15) is 19.3 Å². The van der Waals surface area contributed by atoms with E-state index in [0.717, 1.165) is 12.5 Å². The predicted molar refractivity (Wildman–Crippen MR) is 75.6 cm³/mol. The summed E-state index contributed by atoms with van der Waals surface area (Å²) in [6.45, 7) is 1.13. The van der Waals surface area contributed by atoms with Crippen LogP contribution in [0.25, 0.3) is 10.4 Å². The summed E-state index contributed by atoms with van der Waals surface area (Å²) in [7, 11) is 0. The molecule has 0 spiro atoms. The lowest BCUT2D eigenvalue weighted by atomic mass is 9.85. The van der Waals surface area contributed by atoms with Crippen molar-refractivity contribution in [3.05, 3.63) is 41.8 Å². The van der Waals surface area contributed by atoms with Crippen molar-refractivity contribution in [1.82, 2.24) is 0 Å². The molecule has 1 aromatic heterocycles. The second-order valence-corrected chi connectivity index (χ2v) is 5.65. The summed E-state index contributed by atoms with van der Waals surface area (Å²) in [5.74, 6) is 0.895. The van der Waals surface area contributed by atoms with Gasteiger partial charge < -0.3 is 5.32 Å². The molecule has 0 aliphatic heterocycles. The van der Waals surface area contributed by atoms with E-state index in [2.05, 4.69) is 47.1 Å². The highest BCUT2D eigenvalue weighted by Crippen LogP contribution is 2.32. The van der Waals surface area contributed by atoms with Gasteiger partial charge in [-0.05, 0) is 36.3 Å². The van der Waals surface area contributed by atoms with Gasteiger partial charge in [-0.1, -0.05) is 30.7 Å². The number of benzene rings is 1. The lowest BCUT2D eigenvalue weighted by Crippen LogP contribution is -2.21. The van der Waals surface area contributed by atoms with Crippen molar-refractivity contribution in [2.45, 2.75) is 19.3 Å². The van der Waals surface area contributed by atoms with E-state index in [4.69, 9.17) is 0 Å². The van der Waals surface area contributed by atoms with Crippen LogP contribution < -0.4 is 5.32 Å². The van der Waals surface area contributed by atoms with Gasteiger partial charge in [0.05, 0.1) is 0 Å². The van der Waals surface area contributed by atoms with Crippen LogP contribution in [0.4, 0.5) is 5.69 Å². The van der Waals surface area contributed by atoms with E-state index in [-0.39, 0.29) is 0 Å². The van der Waals surface area contributed by atoms with Crippen LogP contribution in [-0.4, -0.2) is 6.54 Å². The molecule has 1 aromatic carbocycles. The van der Waals surface area contributed by atoms with Gasteiger partial charge in [0.2, 0.25) is 0 Å². The quantitative estimate of drug-likeness (QED) is 0.825. The molecule has 0 bridgehead atoms. The fraction of sp³-hybridized carbons (Fsp3) is 0.333. The molecule has 2 heteroatoms. The molecule has 0 saturated heterocycles. The van der Waals surface area contributed by atoms with Crippen LogP contribution in [0, 0.1) is 5.92 Å². The SMILES string of the molecule is c1csc(-c2ccccc2NCC2CCC2)c1. The Hall–Kier alpha value is -1.28. The van der Waals surface area contributed by atoms with Crippen LogP contribution in [0.2, 0.25) is 0 Å². The molecule has 0 atom stereocenters. The number of nitrogens with one attached hydrogen (secondary N) is 1. The average Bonchev–Trinajstić information content (AvgIpc) is 2.81. The molecule has 2 aromatic rings. The van der Waals surface area contributed by atoms with Gasteiger partial charge in [0.1, 0.15) is 0 Å². The minimum atomic E-state index is 0.895. The first-order chi connectivity index (χ1) is 8.43. The molecule has 3 rings (SSSR count). The Morgan fingerprint density at radius 2 is 2.00 bits per heavy atom. The highest BCUT2D eigenvalue weighted by atomic mass is 32.1. The molecular formula is C15H17NS. The largest absolute Gasteiger partial charge is 0.384 e. The van der Waals surface area contributed by atoms with Crippen LogP contribution in [0.5, 0.6) is 0 Å². The first-order valence-corrected chi connectivity index (χ1v) is 7.18. The molecule has 1 N–H and O–H groups in total. The van der Waals surface area contributed by atoms with Crippen LogP contribution in [0.3, 0.4) is 0 Å². The van der Waals surface area contributed by atoms with Gasteiger partial charge in [-0.15, -0.1) is 11.3 Å². The van der Waals surface area contributed by atoms with Crippen molar-refractivity contribution in [3.8, 4) is 10.4 Å². The van der Waals surface area contributed by atoms with Crippen LogP contribution >= 0.6 is 11.3 Å². The fourth-order valence-corrected chi connectivity index (χ4v) is 3.00. The minimum absolute atomic E-state index is 0.895. The third-order valence-corrected chi connectivity index (χ3v) is 4.42. The Morgan fingerprint density at radius 3 is 2.71 bits per heavy atom. The Kier molecular flexibility index (Phi) is 3.14. The lowest BCUT2D eigenvalue weighted by molar-refractivity contribution is 0.333. The molecule has 1 heterocycles. The van der Waals surface area contributed by atoms with Crippen molar-refractivity contribution < 1.29 is 0 Å². The highest BCUT2D eigenvalue weighted by Gasteiger charge is 2.17. The van der Waals surface area contributed by atoms with Crippen molar-refractivity contribution in [2.24, 2.45) is 5.92 Å². The zero-order valence-electron chi connectivity index (χ0n) is 9.86. The summed E-state index contributed by atoms with van der Waals surface area (Å²) < 4.78 is 0.